The SMILES string of the molecule is CCNC(=O)c1nnc(-c2cc(C(C)C)c(O)cc2O)n1-c1ccc(C(=O)N[C@@H](CC(C)C)C(=O)N[C@@H](CC(C)C)C(=O)N(C)[C@@H](C(=O)N[C@H](C(=O)N(C)C([C@@H](C)CC)[C@@H](CC(=O)N2CCC[C@@H]2[C@@H](OC)[C@@H](C)C(=O)N[C@@H](C)[C@H](O)c2ccccc2)OC)C(C)C)C(C)C)cc1. The fourth-order valence-corrected chi connectivity index (χ4v) is 13.0. The Morgan fingerprint density at radius 1 is 0.677 bits per heavy atom. The van der Waals surface area contributed by atoms with Crippen molar-refractivity contribution in [2.75, 3.05) is 41.4 Å². The largest absolute Gasteiger partial charge is 0.508 e. The minimum absolute atomic E-state index is 0.0987. The van der Waals surface area contributed by atoms with Crippen molar-refractivity contribution in [3.63, 3.8) is 0 Å². The zero-order valence-electron chi connectivity index (χ0n) is 59.9. The van der Waals surface area contributed by atoms with Gasteiger partial charge in [0.1, 0.15) is 35.7 Å². The van der Waals surface area contributed by atoms with E-state index in [0.29, 0.717) is 42.6 Å². The van der Waals surface area contributed by atoms with E-state index < -0.39 is 114 Å². The number of carbonyl (C=O) groups is 8. The number of ether oxygens (including phenoxy) is 2. The molecule has 2 heterocycles. The number of phenols is 2. The number of aliphatic hydroxyl groups excluding tert-OH is 1. The van der Waals surface area contributed by atoms with Gasteiger partial charge in [-0.05, 0) is 116 Å². The molecule has 5 rings (SSSR count). The van der Waals surface area contributed by atoms with Crippen molar-refractivity contribution in [1.29, 1.82) is 0 Å². The highest BCUT2D eigenvalue weighted by Crippen LogP contribution is 2.39. The van der Waals surface area contributed by atoms with Gasteiger partial charge in [-0.25, -0.2) is 0 Å². The summed E-state index contributed by atoms with van der Waals surface area (Å²) in [5.41, 5.74) is 1.92. The summed E-state index contributed by atoms with van der Waals surface area (Å²) in [4.78, 5) is 120. The van der Waals surface area contributed by atoms with Crippen molar-refractivity contribution in [1.82, 2.24) is 56.0 Å². The number of rotatable bonds is 34. The van der Waals surface area contributed by atoms with Crippen LogP contribution in [0, 0.1) is 35.5 Å². The molecular weight excluding hydrogens is 1230 g/mol. The third-order valence-corrected chi connectivity index (χ3v) is 18.4. The molecule has 0 aliphatic carbocycles. The third-order valence-electron chi connectivity index (χ3n) is 18.4. The highest BCUT2D eigenvalue weighted by molar-refractivity contribution is 5.99. The smallest absolute Gasteiger partial charge is 0.289 e. The highest BCUT2D eigenvalue weighted by atomic mass is 16.5. The number of methoxy groups -OCH3 is 2. The molecule has 96 heavy (non-hydrogen) atoms. The highest BCUT2D eigenvalue weighted by Gasteiger charge is 2.45. The molecule has 24 heteroatoms. The maximum Gasteiger partial charge on any atom is 0.289 e. The van der Waals surface area contributed by atoms with Crippen LogP contribution in [0.5, 0.6) is 11.5 Å². The lowest BCUT2D eigenvalue weighted by Gasteiger charge is -2.41. The molecule has 3 aromatic carbocycles. The predicted octanol–water partition coefficient (Wildman–Crippen LogP) is 7.68. The van der Waals surface area contributed by atoms with Crippen LogP contribution in [-0.2, 0) is 38.2 Å². The fourth-order valence-electron chi connectivity index (χ4n) is 13.0. The molecular formula is C72H109N11O13. The molecule has 0 saturated carbocycles. The normalized spacial score (nSPS) is 16.8. The summed E-state index contributed by atoms with van der Waals surface area (Å²) in [6.07, 6.45) is -0.263. The monoisotopic (exact) mass is 1340 g/mol. The predicted molar refractivity (Wildman–Crippen MR) is 368 cm³/mol. The summed E-state index contributed by atoms with van der Waals surface area (Å²) in [5.74, 6) is -6.50. The van der Waals surface area contributed by atoms with Gasteiger partial charge in [0.25, 0.3) is 11.8 Å². The molecule has 1 aromatic heterocycles. The van der Waals surface area contributed by atoms with Crippen LogP contribution in [0.4, 0.5) is 0 Å². The molecule has 1 aliphatic rings. The third kappa shape index (κ3) is 19.6. The van der Waals surface area contributed by atoms with E-state index in [0.717, 1.165) is 0 Å². The van der Waals surface area contributed by atoms with E-state index in [1.165, 1.54) is 48.9 Å². The lowest BCUT2D eigenvalue weighted by Crippen LogP contribution is -2.62. The van der Waals surface area contributed by atoms with E-state index in [9.17, 15) is 48.9 Å². The quantitative estimate of drug-likeness (QED) is 0.0222. The number of nitrogens with zero attached hydrogens (tertiary/aromatic N) is 6. The number of nitrogens with one attached hydrogen (secondary N) is 5. The molecule has 1 unspecified atom stereocenters. The summed E-state index contributed by atoms with van der Waals surface area (Å²) in [6.45, 7) is 28.4. The van der Waals surface area contributed by atoms with Crippen LogP contribution in [0.2, 0.25) is 0 Å². The first kappa shape index (κ1) is 78.7. The molecule has 24 nitrogen and oxygen atoms in total. The van der Waals surface area contributed by atoms with Crippen molar-refractivity contribution in [2.24, 2.45) is 35.5 Å². The van der Waals surface area contributed by atoms with Crippen LogP contribution in [-0.4, -0.2) is 188 Å². The summed E-state index contributed by atoms with van der Waals surface area (Å²) in [5, 5.41) is 55.6. The van der Waals surface area contributed by atoms with Gasteiger partial charge in [-0.2, -0.15) is 0 Å². The molecule has 8 N–H and O–H groups in total. The number of hydrogen-bond donors (Lipinski definition) is 8. The molecule has 1 aliphatic heterocycles. The average Bonchev–Trinajstić information content (AvgIpc) is 1.53. The first-order valence-corrected chi connectivity index (χ1v) is 34.0. The second kappa shape index (κ2) is 35.9. The first-order chi connectivity index (χ1) is 45.2. The van der Waals surface area contributed by atoms with Gasteiger partial charge in [0.05, 0.1) is 54.3 Å². The second-order valence-corrected chi connectivity index (χ2v) is 27.6. The molecule has 1 fully saturated rings. The number of amides is 8. The van der Waals surface area contributed by atoms with Crippen LogP contribution in [0.15, 0.2) is 66.7 Å². The van der Waals surface area contributed by atoms with Crippen molar-refractivity contribution in [2.45, 2.75) is 209 Å². The van der Waals surface area contributed by atoms with Crippen LogP contribution in [0.1, 0.15) is 187 Å². The Kier molecular flexibility index (Phi) is 29.4. The minimum atomic E-state index is -1.14. The first-order valence-electron chi connectivity index (χ1n) is 34.0. The Balaban J connectivity index is 1.32. The van der Waals surface area contributed by atoms with Crippen molar-refractivity contribution < 1.29 is 63.1 Å². The number of carbonyl (C=O) groups excluding carboxylic acids is 8. The van der Waals surface area contributed by atoms with Gasteiger partial charge in [-0.1, -0.05) is 127 Å². The second-order valence-electron chi connectivity index (χ2n) is 27.6. The number of aliphatic hydroxyl groups is 1. The average molecular weight is 1340 g/mol. The van der Waals surface area contributed by atoms with Gasteiger partial charge in [0, 0.05) is 58.7 Å². The number of hydrogen-bond acceptors (Lipinski definition) is 15. The van der Waals surface area contributed by atoms with Crippen LogP contribution in [0.25, 0.3) is 17.1 Å². The van der Waals surface area contributed by atoms with E-state index >= 15 is 4.79 Å². The van der Waals surface area contributed by atoms with Gasteiger partial charge < -0.3 is 66.1 Å². The lowest BCUT2D eigenvalue weighted by molar-refractivity contribution is -0.149. The van der Waals surface area contributed by atoms with Gasteiger partial charge in [-0.15, -0.1) is 10.2 Å². The van der Waals surface area contributed by atoms with E-state index in [1.54, 1.807) is 81.8 Å². The van der Waals surface area contributed by atoms with Gasteiger partial charge in [0.2, 0.25) is 41.3 Å². The summed E-state index contributed by atoms with van der Waals surface area (Å²) in [6, 6.07) is 11.8. The van der Waals surface area contributed by atoms with Crippen LogP contribution in [0.3, 0.4) is 0 Å². The molecule has 530 valence electrons. The van der Waals surface area contributed by atoms with Crippen LogP contribution < -0.4 is 26.6 Å². The maximum atomic E-state index is 15.0. The zero-order chi connectivity index (χ0) is 71.7. The summed E-state index contributed by atoms with van der Waals surface area (Å²) in [7, 11) is 6.16. The Bertz CT molecular complexity index is 3260. The summed E-state index contributed by atoms with van der Waals surface area (Å²) < 4.78 is 13.6. The molecule has 1 saturated heterocycles. The van der Waals surface area contributed by atoms with Crippen molar-refractivity contribution in [3.05, 3.63) is 89.2 Å². The minimum Gasteiger partial charge on any atom is -0.508 e. The Morgan fingerprint density at radius 3 is 1.85 bits per heavy atom. The molecule has 0 spiro atoms. The molecule has 12 atom stereocenters. The van der Waals surface area contributed by atoms with E-state index in [4.69, 9.17) is 9.47 Å². The van der Waals surface area contributed by atoms with E-state index in [1.807, 2.05) is 87.4 Å². The molecule has 8 amide bonds. The van der Waals surface area contributed by atoms with E-state index in [2.05, 4.69) is 36.8 Å². The maximum absolute atomic E-state index is 15.0. The Hall–Kier alpha value is -7.96. The van der Waals surface area contributed by atoms with E-state index in [-0.39, 0.29) is 95.6 Å². The number of phenolic OH excluding ortho intramolecular Hbond substituents is 2. The Labute approximate surface area is 567 Å². The van der Waals surface area contributed by atoms with Crippen molar-refractivity contribution >= 4 is 47.3 Å². The van der Waals surface area contributed by atoms with Gasteiger partial charge in [0.15, 0.2) is 5.82 Å². The number of aromatic hydroxyl groups is 2. The number of likely N-dealkylation sites (tertiary alicyclic amines) is 1. The fraction of sp³-hybridized carbons (Fsp3) is 0.611. The molecule has 0 radical (unpaired) electrons. The number of likely N-dealkylation sites (N-methyl/N-ethyl adjacent to an activating group) is 2. The zero-order valence-corrected chi connectivity index (χ0v) is 59.9. The molecule has 0 bridgehead atoms. The van der Waals surface area contributed by atoms with Crippen molar-refractivity contribution in [3.8, 4) is 28.6 Å². The number of benzene rings is 3. The van der Waals surface area contributed by atoms with Gasteiger partial charge >= 0.3 is 0 Å². The summed E-state index contributed by atoms with van der Waals surface area (Å²) >= 11 is 0. The lowest BCUT2D eigenvalue weighted by atomic mass is 9.89. The molecule has 4 aromatic rings. The van der Waals surface area contributed by atoms with Gasteiger partial charge in [-0.3, -0.25) is 42.9 Å². The number of aromatic nitrogens is 3. The standard InChI is InChI=1S/C72H109N11O13/c1-20-44(13)61(57(95-18)38-58(86)82-33-25-28-54(82)63(96-19)45(14)66(88)74-46(15)62(87)47-26-23-22-24-27-47)81(17)72(94)59(42(9)10)77-69(91)60(43(11)12)80(16)71(93)53(35-40(5)6)76-68(90)52(34-39(3)4)75-67(89)48-29-31-49(32-30-48)83-64(78-79-65(83)70(92)73-21-2)51-36-50(41(7)8)55(84)37-56(51)85/h22-24,26-27,29-32,36-37,39-46,52-54,57,59-63,84-85,87H,20-21,25,28,33-35,38H2,1-19H3,(H,73,92)(H,74,88)(H,75,89)(H,76,90)(H,77,91)/t44-,45+,46-,52-,53-,54+,57+,59-,60+,61?,62-,63-/m0/s1. The Morgan fingerprint density at radius 2 is 1.30 bits per heavy atom. The topological polar surface area (TPSA) is 316 Å². The van der Waals surface area contributed by atoms with Crippen LogP contribution >= 0.6 is 0 Å².